The SMILES string of the molecule is O=C(O)C#CC1CCCOCC1. The van der Waals surface area contributed by atoms with Crippen molar-refractivity contribution >= 4 is 5.97 Å². The molecular formula is C9H12O3. The normalized spacial score (nSPS) is 23.5. The van der Waals surface area contributed by atoms with Crippen molar-refractivity contribution in [3.63, 3.8) is 0 Å². The molecule has 0 aromatic carbocycles. The Morgan fingerprint density at radius 1 is 1.42 bits per heavy atom. The van der Waals surface area contributed by atoms with Crippen molar-refractivity contribution in [3.05, 3.63) is 0 Å². The molecule has 1 aliphatic rings. The van der Waals surface area contributed by atoms with Crippen LogP contribution in [-0.2, 0) is 9.53 Å². The van der Waals surface area contributed by atoms with Crippen molar-refractivity contribution in [1.29, 1.82) is 0 Å². The fourth-order valence-corrected chi connectivity index (χ4v) is 1.21. The summed E-state index contributed by atoms with van der Waals surface area (Å²) in [6.45, 7) is 1.49. The molecule has 1 fully saturated rings. The van der Waals surface area contributed by atoms with E-state index in [1.807, 2.05) is 0 Å². The Morgan fingerprint density at radius 3 is 3.00 bits per heavy atom. The summed E-state index contributed by atoms with van der Waals surface area (Å²) in [5.74, 6) is 4.06. The maximum Gasteiger partial charge on any atom is 0.381 e. The lowest BCUT2D eigenvalue weighted by atomic mass is 10.0. The molecule has 1 rings (SSSR count). The monoisotopic (exact) mass is 168 g/mol. The Balaban J connectivity index is 2.40. The summed E-state index contributed by atoms with van der Waals surface area (Å²) in [5, 5.41) is 8.31. The number of carboxylic acids is 1. The van der Waals surface area contributed by atoms with E-state index in [4.69, 9.17) is 9.84 Å². The predicted octanol–water partition coefficient (Wildman–Crippen LogP) is 0.891. The Morgan fingerprint density at radius 2 is 2.25 bits per heavy atom. The van der Waals surface area contributed by atoms with Gasteiger partial charge in [0, 0.05) is 25.1 Å². The van der Waals surface area contributed by atoms with Crippen molar-refractivity contribution in [2.24, 2.45) is 5.92 Å². The number of ether oxygens (including phenoxy) is 1. The minimum atomic E-state index is -1.04. The van der Waals surface area contributed by atoms with Gasteiger partial charge in [0.2, 0.25) is 0 Å². The maximum absolute atomic E-state index is 10.1. The zero-order chi connectivity index (χ0) is 8.81. The molecule has 1 atom stereocenters. The van der Waals surface area contributed by atoms with Crippen molar-refractivity contribution < 1.29 is 14.6 Å². The zero-order valence-electron chi connectivity index (χ0n) is 6.88. The minimum absolute atomic E-state index is 0.212. The highest BCUT2D eigenvalue weighted by atomic mass is 16.5. The molecule has 0 amide bonds. The van der Waals surface area contributed by atoms with Gasteiger partial charge in [-0.2, -0.15) is 0 Å². The summed E-state index contributed by atoms with van der Waals surface area (Å²) in [6, 6.07) is 0. The largest absolute Gasteiger partial charge is 0.472 e. The number of hydrogen-bond acceptors (Lipinski definition) is 2. The molecule has 0 aromatic heterocycles. The second kappa shape index (κ2) is 4.78. The van der Waals surface area contributed by atoms with Crippen molar-refractivity contribution in [2.45, 2.75) is 19.3 Å². The summed E-state index contributed by atoms with van der Waals surface area (Å²) in [7, 11) is 0. The number of carboxylic acid groups (broad SMARTS) is 1. The van der Waals surface area contributed by atoms with E-state index in [0.29, 0.717) is 6.61 Å². The van der Waals surface area contributed by atoms with Gasteiger partial charge in [0.25, 0.3) is 0 Å². The van der Waals surface area contributed by atoms with Crippen LogP contribution in [0.1, 0.15) is 19.3 Å². The van der Waals surface area contributed by atoms with E-state index < -0.39 is 5.97 Å². The molecule has 0 saturated carbocycles. The third-order valence-electron chi connectivity index (χ3n) is 1.84. The molecule has 12 heavy (non-hydrogen) atoms. The van der Waals surface area contributed by atoms with E-state index >= 15 is 0 Å². The fraction of sp³-hybridized carbons (Fsp3) is 0.667. The van der Waals surface area contributed by atoms with Gasteiger partial charge in [-0.1, -0.05) is 5.92 Å². The summed E-state index contributed by atoms with van der Waals surface area (Å²) < 4.78 is 5.22. The third kappa shape index (κ3) is 3.40. The molecule has 1 unspecified atom stereocenters. The van der Waals surface area contributed by atoms with Gasteiger partial charge in [-0.05, 0) is 19.3 Å². The van der Waals surface area contributed by atoms with Crippen LogP contribution in [0, 0.1) is 17.8 Å². The summed E-state index contributed by atoms with van der Waals surface area (Å²) in [5.41, 5.74) is 0. The Hall–Kier alpha value is -1.01. The first-order valence-corrected chi connectivity index (χ1v) is 4.11. The number of aliphatic carboxylic acids is 1. The molecule has 3 heteroatoms. The number of carbonyl (C=O) groups is 1. The van der Waals surface area contributed by atoms with Crippen LogP contribution in [0.2, 0.25) is 0 Å². The molecule has 66 valence electrons. The maximum atomic E-state index is 10.1. The highest BCUT2D eigenvalue weighted by molar-refractivity contribution is 5.86. The lowest BCUT2D eigenvalue weighted by Crippen LogP contribution is -1.99. The van der Waals surface area contributed by atoms with Crippen LogP contribution in [0.3, 0.4) is 0 Å². The molecule has 0 aliphatic carbocycles. The molecule has 0 radical (unpaired) electrons. The van der Waals surface area contributed by atoms with E-state index in [1.165, 1.54) is 0 Å². The van der Waals surface area contributed by atoms with Gasteiger partial charge in [-0.3, -0.25) is 0 Å². The van der Waals surface area contributed by atoms with Crippen molar-refractivity contribution in [3.8, 4) is 11.8 Å². The second-order valence-electron chi connectivity index (χ2n) is 2.81. The van der Waals surface area contributed by atoms with Crippen LogP contribution in [-0.4, -0.2) is 24.3 Å². The zero-order valence-corrected chi connectivity index (χ0v) is 6.88. The second-order valence-corrected chi connectivity index (χ2v) is 2.81. The Kier molecular flexibility index (Phi) is 3.62. The first-order valence-electron chi connectivity index (χ1n) is 4.11. The van der Waals surface area contributed by atoms with Crippen LogP contribution < -0.4 is 0 Å². The van der Waals surface area contributed by atoms with Gasteiger partial charge in [0.15, 0.2) is 0 Å². The third-order valence-corrected chi connectivity index (χ3v) is 1.84. The molecule has 1 heterocycles. The van der Waals surface area contributed by atoms with Gasteiger partial charge in [0.1, 0.15) is 0 Å². The lowest BCUT2D eigenvalue weighted by Gasteiger charge is -2.01. The van der Waals surface area contributed by atoms with Crippen LogP contribution in [0.4, 0.5) is 0 Å². The van der Waals surface area contributed by atoms with Gasteiger partial charge in [-0.15, -0.1) is 0 Å². The Bertz CT molecular complexity index is 204. The average molecular weight is 168 g/mol. The van der Waals surface area contributed by atoms with Gasteiger partial charge < -0.3 is 9.84 Å². The first-order chi connectivity index (χ1) is 5.79. The van der Waals surface area contributed by atoms with Crippen LogP contribution in [0.15, 0.2) is 0 Å². The average Bonchev–Trinajstić information content (AvgIpc) is 2.28. The van der Waals surface area contributed by atoms with E-state index in [0.717, 1.165) is 25.9 Å². The van der Waals surface area contributed by atoms with E-state index in [9.17, 15) is 4.79 Å². The topological polar surface area (TPSA) is 46.5 Å². The fourth-order valence-electron chi connectivity index (χ4n) is 1.21. The highest BCUT2D eigenvalue weighted by Crippen LogP contribution is 2.13. The molecule has 1 saturated heterocycles. The van der Waals surface area contributed by atoms with E-state index in [-0.39, 0.29) is 5.92 Å². The van der Waals surface area contributed by atoms with E-state index in [2.05, 4.69) is 11.8 Å². The molecule has 1 N–H and O–H groups in total. The number of rotatable bonds is 0. The first kappa shape index (κ1) is 9.08. The smallest absolute Gasteiger partial charge is 0.381 e. The molecular weight excluding hydrogens is 156 g/mol. The molecule has 0 aromatic rings. The van der Waals surface area contributed by atoms with Gasteiger partial charge in [0.05, 0.1) is 0 Å². The molecule has 3 nitrogen and oxygen atoms in total. The van der Waals surface area contributed by atoms with Crippen molar-refractivity contribution in [1.82, 2.24) is 0 Å². The lowest BCUT2D eigenvalue weighted by molar-refractivity contribution is -0.130. The summed E-state index contributed by atoms with van der Waals surface area (Å²) in [6.07, 6.45) is 2.81. The quantitative estimate of drug-likeness (QED) is 0.546. The highest BCUT2D eigenvalue weighted by Gasteiger charge is 2.09. The number of hydrogen-bond donors (Lipinski definition) is 1. The van der Waals surface area contributed by atoms with Gasteiger partial charge >= 0.3 is 5.97 Å². The van der Waals surface area contributed by atoms with Crippen LogP contribution in [0.25, 0.3) is 0 Å². The summed E-state index contributed by atoms with van der Waals surface area (Å²) in [4.78, 5) is 10.1. The molecule has 1 aliphatic heterocycles. The standard InChI is InChI=1S/C9H12O3/c10-9(11)4-3-8-2-1-6-12-7-5-8/h8H,1-2,5-7H2,(H,10,11). The van der Waals surface area contributed by atoms with Crippen molar-refractivity contribution in [2.75, 3.05) is 13.2 Å². The molecule has 0 spiro atoms. The predicted molar refractivity (Wildman–Crippen MR) is 43.6 cm³/mol. The van der Waals surface area contributed by atoms with Gasteiger partial charge in [-0.25, -0.2) is 4.79 Å². The summed E-state index contributed by atoms with van der Waals surface area (Å²) >= 11 is 0. The molecule has 0 bridgehead atoms. The van der Waals surface area contributed by atoms with E-state index in [1.54, 1.807) is 0 Å². The minimum Gasteiger partial charge on any atom is -0.472 e. The Labute approximate surface area is 71.7 Å². The van der Waals surface area contributed by atoms with Crippen LogP contribution in [0.5, 0.6) is 0 Å². The van der Waals surface area contributed by atoms with Crippen LogP contribution >= 0.6 is 0 Å².